The molecule has 0 radical (unpaired) electrons. The maximum absolute atomic E-state index is 12.9. The average molecular weight is 284 g/mol. The summed E-state index contributed by atoms with van der Waals surface area (Å²) in [7, 11) is -3.75. The van der Waals surface area contributed by atoms with Crippen LogP contribution in [0.4, 0.5) is 10.1 Å². The lowest BCUT2D eigenvalue weighted by atomic mass is 10.2. The van der Waals surface area contributed by atoms with Crippen molar-refractivity contribution in [2.24, 2.45) is 0 Å². The lowest BCUT2D eigenvalue weighted by molar-refractivity contribution is 0.277. The SMILES string of the molecule is Cc1cc(F)ccc1NS(=O)(=O)c1c[nH]c(CO)c1. The van der Waals surface area contributed by atoms with E-state index in [0.29, 0.717) is 16.9 Å². The Morgan fingerprint density at radius 1 is 1.37 bits per heavy atom. The van der Waals surface area contributed by atoms with Gasteiger partial charge >= 0.3 is 0 Å². The van der Waals surface area contributed by atoms with E-state index in [2.05, 4.69) is 9.71 Å². The van der Waals surface area contributed by atoms with E-state index in [1.807, 2.05) is 0 Å². The molecule has 0 saturated heterocycles. The number of aromatic amines is 1. The highest BCUT2D eigenvalue weighted by atomic mass is 32.2. The van der Waals surface area contributed by atoms with Crippen LogP contribution in [0.3, 0.4) is 0 Å². The first-order valence-electron chi connectivity index (χ1n) is 5.49. The number of nitrogens with one attached hydrogen (secondary N) is 2. The van der Waals surface area contributed by atoms with Crippen molar-refractivity contribution in [3.8, 4) is 0 Å². The zero-order valence-electron chi connectivity index (χ0n) is 10.1. The van der Waals surface area contributed by atoms with Crippen LogP contribution in [0.1, 0.15) is 11.3 Å². The van der Waals surface area contributed by atoms with Gasteiger partial charge in [0.2, 0.25) is 0 Å². The highest BCUT2D eigenvalue weighted by Crippen LogP contribution is 2.20. The minimum absolute atomic E-state index is 0.0141. The molecule has 0 aliphatic rings. The van der Waals surface area contributed by atoms with E-state index in [4.69, 9.17) is 5.11 Å². The van der Waals surface area contributed by atoms with E-state index >= 15 is 0 Å². The summed E-state index contributed by atoms with van der Waals surface area (Å²) in [6.07, 6.45) is 1.28. The summed E-state index contributed by atoms with van der Waals surface area (Å²) >= 11 is 0. The minimum Gasteiger partial charge on any atom is -0.390 e. The van der Waals surface area contributed by atoms with Crippen LogP contribution in [-0.4, -0.2) is 18.5 Å². The number of anilines is 1. The molecule has 2 aromatic rings. The molecular weight excluding hydrogens is 271 g/mol. The van der Waals surface area contributed by atoms with E-state index < -0.39 is 15.8 Å². The molecule has 0 aliphatic carbocycles. The van der Waals surface area contributed by atoms with E-state index in [1.165, 1.54) is 30.5 Å². The normalized spacial score (nSPS) is 11.5. The molecule has 0 bridgehead atoms. The van der Waals surface area contributed by atoms with Crippen LogP contribution in [0.25, 0.3) is 0 Å². The van der Waals surface area contributed by atoms with Gasteiger partial charge in [0.15, 0.2) is 0 Å². The summed E-state index contributed by atoms with van der Waals surface area (Å²) < 4.78 is 39.4. The van der Waals surface area contributed by atoms with E-state index in [0.717, 1.165) is 0 Å². The second-order valence-corrected chi connectivity index (χ2v) is 5.77. The van der Waals surface area contributed by atoms with E-state index in [9.17, 15) is 12.8 Å². The molecule has 0 atom stereocenters. The zero-order valence-corrected chi connectivity index (χ0v) is 11.0. The molecule has 5 nitrogen and oxygen atoms in total. The second-order valence-electron chi connectivity index (χ2n) is 4.08. The fourth-order valence-corrected chi connectivity index (χ4v) is 2.76. The first-order valence-corrected chi connectivity index (χ1v) is 6.98. The molecule has 0 saturated carbocycles. The molecular formula is C12H13FN2O3S. The third-order valence-electron chi connectivity index (χ3n) is 2.63. The Balaban J connectivity index is 2.30. The molecule has 1 aromatic carbocycles. The largest absolute Gasteiger partial charge is 0.390 e. The third-order valence-corrected chi connectivity index (χ3v) is 3.97. The van der Waals surface area contributed by atoms with Gasteiger partial charge in [-0.3, -0.25) is 4.72 Å². The van der Waals surface area contributed by atoms with Crippen LogP contribution in [0.5, 0.6) is 0 Å². The van der Waals surface area contributed by atoms with Gasteiger partial charge in [-0.15, -0.1) is 0 Å². The monoisotopic (exact) mass is 284 g/mol. The van der Waals surface area contributed by atoms with Crippen LogP contribution in [-0.2, 0) is 16.6 Å². The first-order chi connectivity index (χ1) is 8.92. The lowest BCUT2D eigenvalue weighted by Crippen LogP contribution is -2.13. The molecule has 0 fully saturated rings. The molecule has 19 heavy (non-hydrogen) atoms. The molecule has 0 amide bonds. The van der Waals surface area contributed by atoms with Gasteiger partial charge in [0.05, 0.1) is 12.3 Å². The van der Waals surface area contributed by atoms with Crippen molar-refractivity contribution in [3.63, 3.8) is 0 Å². The van der Waals surface area contributed by atoms with Crippen molar-refractivity contribution >= 4 is 15.7 Å². The van der Waals surface area contributed by atoms with Gasteiger partial charge in [0.1, 0.15) is 10.7 Å². The van der Waals surface area contributed by atoms with Gasteiger partial charge in [-0.05, 0) is 36.8 Å². The van der Waals surface area contributed by atoms with Crippen LogP contribution in [0, 0.1) is 12.7 Å². The number of aryl methyl sites for hydroxylation is 1. The Morgan fingerprint density at radius 3 is 2.68 bits per heavy atom. The molecule has 2 rings (SSSR count). The Kier molecular flexibility index (Phi) is 3.59. The number of H-pyrrole nitrogens is 1. The van der Waals surface area contributed by atoms with Gasteiger partial charge in [-0.25, -0.2) is 12.8 Å². The molecule has 0 unspecified atom stereocenters. The van der Waals surface area contributed by atoms with Gasteiger partial charge in [0, 0.05) is 11.9 Å². The lowest BCUT2D eigenvalue weighted by Gasteiger charge is -2.09. The van der Waals surface area contributed by atoms with Gasteiger partial charge in [-0.2, -0.15) is 0 Å². The first kappa shape index (κ1) is 13.6. The number of sulfonamides is 1. The highest BCUT2D eigenvalue weighted by Gasteiger charge is 2.17. The number of aromatic nitrogens is 1. The van der Waals surface area contributed by atoms with E-state index in [-0.39, 0.29) is 11.5 Å². The van der Waals surface area contributed by atoms with Crippen molar-refractivity contribution in [3.05, 3.63) is 47.5 Å². The Bertz CT molecular complexity index is 695. The Morgan fingerprint density at radius 2 is 2.11 bits per heavy atom. The number of halogens is 1. The smallest absolute Gasteiger partial charge is 0.263 e. The molecule has 102 valence electrons. The topological polar surface area (TPSA) is 82.2 Å². The maximum Gasteiger partial charge on any atom is 0.263 e. The fraction of sp³-hybridized carbons (Fsp3) is 0.167. The highest BCUT2D eigenvalue weighted by molar-refractivity contribution is 7.92. The number of benzene rings is 1. The average Bonchev–Trinajstić information content (AvgIpc) is 2.82. The molecule has 7 heteroatoms. The molecule has 0 aliphatic heterocycles. The summed E-state index contributed by atoms with van der Waals surface area (Å²) in [4.78, 5) is 2.66. The number of hydrogen-bond donors (Lipinski definition) is 3. The minimum atomic E-state index is -3.75. The van der Waals surface area contributed by atoms with Crippen LogP contribution in [0.15, 0.2) is 35.4 Å². The van der Waals surface area contributed by atoms with Crippen LogP contribution >= 0.6 is 0 Å². The van der Waals surface area contributed by atoms with Gasteiger partial charge in [-0.1, -0.05) is 0 Å². The summed E-state index contributed by atoms with van der Waals surface area (Å²) in [6, 6.07) is 5.12. The van der Waals surface area contributed by atoms with Crippen LogP contribution < -0.4 is 4.72 Å². The number of aliphatic hydroxyl groups is 1. The summed E-state index contributed by atoms with van der Waals surface area (Å²) in [5.41, 5.74) is 1.20. The van der Waals surface area contributed by atoms with Crippen LogP contribution in [0.2, 0.25) is 0 Å². The summed E-state index contributed by atoms with van der Waals surface area (Å²) in [6.45, 7) is 1.34. The fourth-order valence-electron chi connectivity index (χ4n) is 1.61. The maximum atomic E-state index is 12.9. The number of aliphatic hydroxyl groups excluding tert-OH is 1. The predicted molar refractivity (Wildman–Crippen MR) is 68.7 cm³/mol. The summed E-state index contributed by atoms with van der Waals surface area (Å²) in [5, 5.41) is 8.89. The molecule has 1 heterocycles. The molecule has 0 spiro atoms. The second kappa shape index (κ2) is 5.02. The van der Waals surface area contributed by atoms with Gasteiger partial charge < -0.3 is 10.1 Å². The number of rotatable bonds is 4. The third kappa shape index (κ3) is 2.94. The molecule has 3 N–H and O–H groups in total. The number of hydrogen-bond acceptors (Lipinski definition) is 3. The Labute approximate surface area is 110 Å². The van der Waals surface area contributed by atoms with E-state index in [1.54, 1.807) is 6.92 Å². The standard InChI is InChI=1S/C12H13FN2O3S/c1-8-4-9(13)2-3-12(8)15-19(17,18)11-5-10(7-16)14-6-11/h2-6,14-16H,7H2,1H3. The van der Waals surface area contributed by atoms with Crippen molar-refractivity contribution in [1.82, 2.24) is 4.98 Å². The summed E-state index contributed by atoms with van der Waals surface area (Å²) in [5.74, 6) is -0.426. The van der Waals surface area contributed by atoms with Crippen molar-refractivity contribution in [1.29, 1.82) is 0 Å². The quantitative estimate of drug-likeness (QED) is 0.800. The zero-order chi connectivity index (χ0) is 14.0. The Hall–Kier alpha value is -1.86. The predicted octanol–water partition coefficient (Wildman–Crippen LogP) is 1.76. The van der Waals surface area contributed by atoms with Gasteiger partial charge in [0.25, 0.3) is 10.0 Å². The van der Waals surface area contributed by atoms with Crippen molar-refractivity contribution in [2.45, 2.75) is 18.4 Å². The van der Waals surface area contributed by atoms with Crippen molar-refractivity contribution in [2.75, 3.05) is 4.72 Å². The molecule has 1 aromatic heterocycles. The van der Waals surface area contributed by atoms with Crippen molar-refractivity contribution < 1.29 is 17.9 Å².